The van der Waals surface area contributed by atoms with Crippen molar-refractivity contribution >= 4 is 29.3 Å². The van der Waals surface area contributed by atoms with Crippen molar-refractivity contribution in [1.29, 1.82) is 0 Å². The first-order chi connectivity index (χ1) is 16.5. The zero-order valence-corrected chi connectivity index (χ0v) is 18.9. The second-order valence-electron chi connectivity index (χ2n) is 7.75. The number of hydrazine groups is 1. The third-order valence-corrected chi connectivity index (χ3v) is 5.49. The summed E-state index contributed by atoms with van der Waals surface area (Å²) in [7, 11) is 3.21. The Morgan fingerprint density at radius 3 is 2.63 bits per heavy atom. The molecule has 182 valence electrons. The molecule has 1 aromatic carbocycles. The molecule has 0 saturated carbocycles. The van der Waals surface area contributed by atoms with Crippen LogP contribution in [0.25, 0.3) is 11.3 Å². The summed E-state index contributed by atoms with van der Waals surface area (Å²) < 4.78 is 42.2. The van der Waals surface area contributed by atoms with Gasteiger partial charge in [-0.15, -0.1) is 0 Å². The summed E-state index contributed by atoms with van der Waals surface area (Å²) in [5.41, 5.74) is 2.95. The standard InChI is InChI=1S/C22H21F3N8O2/c1-11(34)29-17-7-12(19-14(9-28-32(19)3)20(27-2)31-26)8-18(30-17)33-10-15-13(21(33)35)5-4-6-16(15)22(23,24)25/h4-9H,10,26H2,1-3H3,(H,27,31)(H,29,30,34). The topological polar surface area (TPSA) is 131 Å². The Balaban J connectivity index is 1.87. The predicted octanol–water partition coefficient (Wildman–Crippen LogP) is 2.46. The van der Waals surface area contributed by atoms with E-state index in [9.17, 15) is 22.8 Å². The molecule has 0 fully saturated rings. The summed E-state index contributed by atoms with van der Waals surface area (Å²) in [6.07, 6.45) is -3.09. The van der Waals surface area contributed by atoms with Crippen LogP contribution in [0.2, 0.25) is 0 Å². The lowest BCUT2D eigenvalue weighted by atomic mass is 10.0. The number of pyridine rings is 1. The van der Waals surface area contributed by atoms with Crippen molar-refractivity contribution in [1.82, 2.24) is 20.2 Å². The van der Waals surface area contributed by atoms with Crippen LogP contribution in [-0.4, -0.2) is 39.5 Å². The largest absolute Gasteiger partial charge is 0.416 e. The quantitative estimate of drug-likeness (QED) is 0.225. The number of rotatable bonds is 4. The number of aromatic nitrogens is 3. The Morgan fingerprint density at radius 2 is 2.00 bits per heavy atom. The molecule has 3 heterocycles. The van der Waals surface area contributed by atoms with Crippen LogP contribution in [0.4, 0.5) is 24.8 Å². The number of amidine groups is 1. The number of nitrogens with two attached hydrogens (primary N) is 1. The maximum atomic E-state index is 13.6. The monoisotopic (exact) mass is 486 g/mol. The van der Waals surface area contributed by atoms with Gasteiger partial charge in [-0.05, 0) is 29.8 Å². The molecular weight excluding hydrogens is 465 g/mol. The Bertz CT molecular complexity index is 1360. The number of anilines is 2. The molecule has 10 nitrogen and oxygen atoms in total. The fraction of sp³-hybridized carbons (Fsp3) is 0.227. The highest BCUT2D eigenvalue weighted by Crippen LogP contribution is 2.39. The SMILES string of the molecule is CN=C(NN)c1cnn(C)c1-c1cc(NC(C)=O)nc(N2Cc3c(cccc3C(F)(F)F)C2=O)c1. The van der Waals surface area contributed by atoms with E-state index in [1.807, 2.05) is 0 Å². The second-order valence-corrected chi connectivity index (χ2v) is 7.75. The highest BCUT2D eigenvalue weighted by molar-refractivity contribution is 6.10. The molecule has 0 aliphatic carbocycles. The van der Waals surface area contributed by atoms with Crippen molar-refractivity contribution in [2.24, 2.45) is 17.9 Å². The molecule has 0 spiro atoms. The molecule has 0 unspecified atom stereocenters. The molecule has 0 atom stereocenters. The van der Waals surface area contributed by atoms with E-state index in [1.54, 1.807) is 13.1 Å². The molecular formula is C22H21F3N8O2. The summed E-state index contributed by atoms with van der Waals surface area (Å²) in [6, 6.07) is 6.58. The summed E-state index contributed by atoms with van der Waals surface area (Å²) in [4.78, 5) is 34.4. The summed E-state index contributed by atoms with van der Waals surface area (Å²) in [6.45, 7) is 0.959. The first-order valence-electron chi connectivity index (χ1n) is 10.3. The number of alkyl halides is 3. The predicted molar refractivity (Wildman–Crippen MR) is 122 cm³/mol. The molecule has 0 bridgehead atoms. The van der Waals surface area contributed by atoms with E-state index in [4.69, 9.17) is 5.84 Å². The van der Waals surface area contributed by atoms with Crippen molar-refractivity contribution in [3.05, 3.63) is 58.8 Å². The minimum Gasteiger partial charge on any atom is -0.311 e. The number of amides is 2. The number of carbonyl (C=O) groups is 2. The van der Waals surface area contributed by atoms with Gasteiger partial charge in [0.2, 0.25) is 5.91 Å². The van der Waals surface area contributed by atoms with Gasteiger partial charge < -0.3 is 10.7 Å². The zero-order valence-electron chi connectivity index (χ0n) is 18.9. The number of hydrogen-bond donors (Lipinski definition) is 3. The van der Waals surface area contributed by atoms with E-state index in [1.165, 1.54) is 43.0 Å². The molecule has 1 aliphatic rings. The Kier molecular flexibility index (Phi) is 6.03. The lowest BCUT2D eigenvalue weighted by molar-refractivity contribution is -0.138. The third-order valence-electron chi connectivity index (χ3n) is 5.49. The number of aryl methyl sites for hydroxylation is 1. The molecule has 1 aliphatic heterocycles. The number of nitrogens with zero attached hydrogens (tertiary/aromatic N) is 5. The molecule has 2 amide bonds. The van der Waals surface area contributed by atoms with Crippen molar-refractivity contribution in [3.8, 4) is 11.3 Å². The molecule has 35 heavy (non-hydrogen) atoms. The van der Waals surface area contributed by atoms with Gasteiger partial charge in [-0.1, -0.05) is 6.07 Å². The molecule has 4 N–H and O–H groups in total. The van der Waals surface area contributed by atoms with Crippen molar-refractivity contribution in [3.63, 3.8) is 0 Å². The van der Waals surface area contributed by atoms with Crippen LogP contribution in [0.5, 0.6) is 0 Å². The van der Waals surface area contributed by atoms with Gasteiger partial charge >= 0.3 is 6.18 Å². The maximum Gasteiger partial charge on any atom is 0.416 e. The van der Waals surface area contributed by atoms with Gasteiger partial charge in [0.05, 0.1) is 29.6 Å². The number of fused-ring (bicyclic) bond motifs is 1. The van der Waals surface area contributed by atoms with Crippen LogP contribution >= 0.6 is 0 Å². The van der Waals surface area contributed by atoms with E-state index >= 15 is 0 Å². The molecule has 13 heteroatoms. The smallest absolute Gasteiger partial charge is 0.311 e. The van der Waals surface area contributed by atoms with Crippen LogP contribution in [0.1, 0.15) is 34.0 Å². The van der Waals surface area contributed by atoms with Gasteiger partial charge in [0, 0.05) is 32.1 Å². The van der Waals surface area contributed by atoms with Gasteiger partial charge in [0.1, 0.15) is 17.5 Å². The van der Waals surface area contributed by atoms with Crippen LogP contribution in [0.15, 0.2) is 41.5 Å². The highest BCUT2D eigenvalue weighted by Gasteiger charge is 2.40. The van der Waals surface area contributed by atoms with Gasteiger partial charge in [-0.2, -0.15) is 18.3 Å². The molecule has 0 saturated heterocycles. The van der Waals surface area contributed by atoms with Crippen molar-refractivity contribution in [2.45, 2.75) is 19.6 Å². The first kappa shape index (κ1) is 23.9. The highest BCUT2D eigenvalue weighted by atomic mass is 19.4. The summed E-state index contributed by atoms with van der Waals surface area (Å²) in [5, 5.41) is 6.81. The van der Waals surface area contributed by atoms with Crippen LogP contribution in [-0.2, 0) is 24.6 Å². The Hall–Kier alpha value is -4.26. The minimum atomic E-state index is -4.62. The van der Waals surface area contributed by atoms with Gasteiger partial charge in [0.25, 0.3) is 5.91 Å². The lowest BCUT2D eigenvalue weighted by Gasteiger charge is -2.18. The molecule has 2 aromatic heterocycles. The number of benzene rings is 1. The average Bonchev–Trinajstić information content (AvgIpc) is 3.33. The summed E-state index contributed by atoms with van der Waals surface area (Å²) in [5.74, 6) is 5.02. The fourth-order valence-electron chi connectivity index (χ4n) is 4.03. The van der Waals surface area contributed by atoms with Crippen molar-refractivity contribution in [2.75, 3.05) is 17.3 Å². The normalized spacial score (nSPS) is 13.7. The number of nitrogens with one attached hydrogen (secondary N) is 2. The fourth-order valence-corrected chi connectivity index (χ4v) is 4.03. The van der Waals surface area contributed by atoms with Gasteiger partial charge in [0.15, 0.2) is 0 Å². The van der Waals surface area contributed by atoms with E-state index < -0.39 is 23.6 Å². The summed E-state index contributed by atoms with van der Waals surface area (Å²) >= 11 is 0. The molecule has 3 aromatic rings. The van der Waals surface area contributed by atoms with Gasteiger partial charge in [-0.25, -0.2) is 10.8 Å². The Morgan fingerprint density at radius 1 is 1.26 bits per heavy atom. The third kappa shape index (κ3) is 4.33. The van der Waals surface area contributed by atoms with Crippen LogP contribution < -0.4 is 21.5 Å². The van der Waals surface area contributed by atoms with E-state index in [0.717, 1.165) is 11.0 Å². The molecule has 4 rings (SSSR count). The first-order valence-corrected chi connectivity index (χ1v) is 10.3. The lowest BCUT2D eigenvalue weighted by Crippen LogP contribution is -2.31. The van der Waals surface area contributed by atoms with E-state index in [0.29, 0.717) is 22.7 Å². The Labute approximate surface area is 197 Å². The maximum absolute atomic E-state index is 13.6. The van der Waals surface area contributed by atoms with E-state index in [-0.39, 0.29) is 29.3 Å². The molecule has 0 radical (unpaired) electrons. The van der Waals surface area contributed by atoms with Crippen LogP contribution in [0, 0.1) is 0 Å². The van der Waals surface area contributed by atoms with E-state index in [2.05, 4.69) is 25.8 Å². The number of carbonyl (C=O) groups excluding carboxylic acids is 2. The zero-order chi connectivity index (χ0) is 25.5. The minimum absolute atomic E-state index is 0.0536. The average molecular weight is 486 g/mol. The number of hydrogen-bond acceptors (Lipinski definition) is 6. The van der Waals surface area contributed by atoms with Gasteiger partial charge in [-0.3, -0.25) is 24.2 Å². The second kappa shape index (κ2) is 8.83. The van der Waals surface area contributed by atoms with Crippen molar-refractivity contribution < 1.29 is 22.8 Å². The number of halogens is 3. The van der Waals surface area contributed by atoms with Crippen LogP contribution in [0.3, 0.4) is 0 Å². The number of aliphatic imine (C=N–C) groups is 1.